The second kappa shape index (κ2) is 7.36. The van der Waals surface area contributed by atoms with E-state index in [4.69, 9.17) is 9.84 Å². The molecule has 0 aromatic carbocycles. The molecule has 0 aliphatic carbocycles. The molecular weight excluding hydrogens is 234 g/mol. The van der Waals surface area contributed by atoms with Gasteiger partial charge in [-0.2, -0.15) is 0 Å². The molecule has 18 heavy (non-hydrogen) atoms. The predicted molar refractivity (Wildman–Crippen MR) is 67.2 cm³/mol. The van der Waals surface area contributed by atoms with Gasteiger partial charge in [-0.15, -0.1) is 0 Å². The van der Waals surface area contributed by atoms with Crippen LogP contribution in [0.5, 0.6) is 0 Å². The van der Waals surface area contributed by atoms with E-state index in [1.165, 1.54) is 0 Å². The highest BCUT2D eigenvalue weighted by Crippen LogP contribution is 2.23. The number of aliphatic carboxylic acids is 1. The first-order valence-electron chi connectivity index (χ1n) is 6.65. The van der Waals surface area contributed by atoms with E-state index in [2.05, 4.69) is 5.32 Å². The summed E-state index contributed by atoms with van der Waals surface area (Å²) >= 11 is 0. The number of rotatable bonds is 7. The lowest BCUT2D eigenvalue weighted by atomic mass is 9.98. The second-order valence-electron chi connectivity index (χ2n) is 5.00. The van der Waals surface area contributed by atoms with Crippen LogP contribution >= 0.6 is 0 Å². The maximum absolute atomic E-state index is 11.9. The highest BCUT2D eigenvalue weighted by atomic mass is 16.5. The predicted octanol–water partition coefficient (Wildman–Crippen LogP) is 1.42. The molecule has 5 heteroatoms. The molecule has 3 unspecified atom stereocenters. The number of hydrogen-bond donors (Lipinski definition) is 2. The van der Waals surface area contributed by atoms with Gasteiger partial charge in [-0.3, -0.25) is 9.59 Å². The number of carboxylic acid groups (broad SMARTS) is 1. The van der Waals surface area contributed by atoms with Gasteiger partial charge in [0, 0.05) is 19.6 Å². The molecule has 1 fully saturated rings. The Labute approximate surface area is 108 Å². The lowest BCUT2D eigenvalue weighted by Gasteiger charge is -2.18. The van der Waals surface area contributed by atoms with E-state index >= 15 is 0 Å². The van der Waals surface area contributed by atoms with Crippen LogP contribution in [0.1, 0.15) is 39.5 Å². The van der Waals surface area contributed by atoms with E-state index in [1.54, 1.807) is 0 Å². The molecule has 1 aliphatic rings. The minimum atomic E-state index is -0.789. The summed E-state index contributed by atoms with van der Waals surface area (Å²) < 4.78 is 5.48. The first kappa shape index (κ1) is 15.0. The summed E-state index contributed by atoms with van der Waals surface area (Å²) in [6, 6.07) is 0. The van der Waals surface area contributed by atoms with Crippen LogP contribution in [0, 0.1) is 11.8 Å². The molecular formula is C13H23NO4. The summed E-state index contributed by atoms with van der Waals surface area (Å²) in [7, 11) is 0. The number of hydrogen-bond acceptors (Lipinski definition) is 3. The number of nitrogens with one attached hydrogen (secondary N) is 1. The summed E-state index contributed by atoms with van der Waals surface area (Å²) in [6.07, 6.45) is 2.43. The van der Waals surface area contributed by atoms with Crippen molar-refractivity contribution >= 4 is 11.9 Å². The summed E-state index contributed by atoms with van der Waals surface area (Å²) in [5.41, 5.74) is 0. The fraction of sp³-hybridized carbons (Fsp3) is 0.846. The van der Waals surface area contributed by atoms with Gasteiger partial charge in [-0.05, 0) is 25.2 Å². The van der Waals surface area contributed by atoms with Crippen LogP contribution in [0.3, 0.4) is 0 Å². The van der Waals surface area contributed by atoms with Gasteiger partial charge in [0.05, 0.1) is 12.0 Å². The van der Waals surface area contributed by atoms with Gasteiger partial charge in [-0.1, -0.05) is 13.8 Å². The molecule has 3 atom stereocenters. The van der Waals surface area contributed by atoms with E-state index in [-0.39, 0.29) is 30.3 Å². The molecule has 0 spiro atoms. The molecule has 2 N–H and O–H groups in total. The Bertz CT molecular complexity index is 293. The molecule has 0 radical (unpaired) electrons. The van der Waals surface area contributed by atoms with E-state index in [0.29, 0.717) is 19.6 Å². The normalized spacial score (nSPS) is 24.8. The van der Waals surface area contributed by atoms with E-state index in [0.717, 1.165) is 12.8 Å². The molecule has 1 rings (SSSR count). The highest BCUT2D eigenvalue weighted by molar-refractivity contribution is 5.79. The SMILES string of the molecule is CCC1OCCC1C(=O)NCC(C)CCC(=O)O. The van der Waals surface area contributed by atoms with Crippen molar-refractivity contribution in [2.24, 2.45) is 11.8 Å². The molecule has 0 saturated carbocycles. The molecule has 0 aromatic rings. The van der Waals surface area contributed by atoms with Crippen molar-refractivity contribution in [2.45, 2.75) is 45.6 Å². The maximum Gasteiger partial charge on any atom is 0.303 e. The molecule has 1 amide bonds. The topological polar surface area (TPSA) is 75.6 Å². The van der Waals surface area contributed by atoms with Gasteiger partial charge in [0.25, 0.3) is 0 Å². The van der Waals surface area contributed by atoms with Crippen LogP contribution in [0.2, 0.25) is 0 Å². The highest BCUT2D eigenvalue weighted by Gasteiger charge is 2.32. The van der Waals surface area contributed by atoms with Crippen molar-refractivity contribution in [3.8, 4) is 0 Å². The third-order valence-electron chi connectivity index (χ3n) is 3.42. The van der Waals surface area contributed by atoms with Crippen molar-refractivity contribution in [3.05, 3.63) is 0 Å². The van der Waals surface area contributed by atoms with Crippen molar-refractivity contribution in [2.75, 3.05) is 13.2 Å². The van der Waals surface area contributed by atoms with Crippen molar-refractivity contribution in [1.82, 2.24) is 5.32 Å². The fourth-order valence-corrected chi connectivity index (χ4v) is 2.23. The largest absolute Gasteiger partial charge is 0.481 e. The number of carboxylic acids is 1. The number of amides is 1. The van der Waals surface area contributed by atoms with Crippen molar-refractivity contribution in [3.63, 3.8) is 0 Å². The summed E-state index contributed by atoms with van der Waals surface area (Å²) in [5.74, 6) is -0.598. The zero-order valence-electron chi connectivity index (χ0n) is 11.1. The van der Waals surface area contributed by atoms with Crippen LogP contribution in [0.4, 0.5) is 0 Å². The Balaban J connectivity index is 2.25. The average molecular weight is 257 g/mol. The van der Waals surface area contributed by atoms with Crippen molar-refractivity contribution < 1.29 is 19.4 Å². The molecule has 0 bridgehead atoms. The summed E-state index contributed by atoms with van der Waals surface area (Å²) in [4.78, 5) is 22.4. The number of ether oxygens (including phenoxy) is 1. The van der Waals surface area contributed by atoms with Crippen LogP contribution in [0.25, 0.3) is 0 Å². The van der Waals surface area contributed by atoms with Crippen LogP contribution in [-0.4, -0.2) is 36.2 Å². The fourth-order valence-electron chi connectivity index (χ4n) is 2.23. The third-order valence-corrected chi connectivity index (χ3v) is 3.42. The van der Waals surface area contributed by atoms with E-state index in [1.807, 2.05) is 13.8 Å². The quantitative estimate of drug-likeness (QED) is 0.723. The third kappa shape index (κ3) is 4.64. The van der Waals surface area contributed by atoms with Gasteiger partial charge < -0.3 is 15.2 Å². The zero-order valence-corrected chi connectivity index (χ0v) is 11.1. The van der Waals surface area contributed by atoms with E-state index in [9.17, 15) is 9.59 Å². The maximum atomic E-state index is 11.9. The van der Waals surface area contributed by atoms with Gasteiger partial charge in [0.2, 0.25) is 5.91 Å². The Hall–Kier alpha value is -1.10. The van der Waals surface area contributed by atoms with Crippen LogP contribution < -0.4 is 5.32 Å². The second-order valence-corrected chi connectivity index (χ2v) is 5.00. The van der Waals surface area contributed by atoms with Crippen molar-refractivity contribution in [1.29, 1.82) is 0 Å². The van der Waals surface area contributed by atoms with Gasteiger partial charge in [0.15, 0.2) is 0 Å². The first-order valence-corrected chi connectivity index (χ1v) is 6.65. The molecule has 1 heterocycles. The summed E-state index contributed by atoms with van der Waals surface area (Å²) in [5, 5.41) is 11.5. The monoisotopic (exact) mass is 257 g/mol. The van der Waals surface area contributed by atoms with Gasteiger partial charge in [0.1, 0.15) is 0 Å². The molecule has 5 nitrogen and oxygen atoms in total. The average Bonchev–Trinajstić information content (AvgIpc) is 2.81. The molecule has 0 aromatic heterocycles. The smallest absolute Gasteiger partial charge is 0.303 e. The Morgan fingerprint density at radius 2 is 2.22 bits per heavy atom. The van der Waals surface area contributed by atoms with Gasteiger partial charge in [-0.25, -0.2) is 0 Å². The number of carbonyl (C=O) groups excluding carboxylic acids is 1. The Morgan fingerprint density at radius 1 is 1.50 bits per heavy atom. The molecule has 104 valence electrons. The number of carbonyl (C=O) groups is 2. The van der Waals surface area contributed by atoms with Crippen LogP contribution in [-0.2, 0) is 14.3 Å². The zero-order chi connectivity index (χ0) is 13.5. The lowest BCUT2D eigenvalue weighted by Crippen LogP contribution is -2.37. The standard InChI is InChI=1S/C13H23NO4/c1-3-11-10(6-7-18-11)13(17)14-8-9(2)4-5-12(15)16/h9-11H,3-8H2,1-2H3,(H,14,17)(H,15,16). The van der Waals surface area contributed by atoms with Gasteiger partial charge >= 0.3 is 5.97 Å². The molecule has 1 aliphatic heterocycles. The van der Waals surface area contributed by atoms with E-state index < -0.39 is 5.97 Å². The lowest BCUT2D eigenvalue weighted by molar-refractivity contribution is -0.137. The minimum Gasteiger partial charge on any atom is -0.481 e. The molecule has 1 saturated heterocycles. The first-order chi connectivity index (χ1) is 8.54. The Kier molecular flexibility index (Phi) is 6.12. The van der Waals surface area contributed by atoms with Crippen LogP contribution in [0.15, 0.2) is 0 Å². The summed E-state index contributed by atoms with van der Waals surface area (Å²) in [6.45, 7) is 5.17. The Morgan fingerprint density at radius 3 is 2.83 bits per heavy atom. The minimum absolute atomic E-state index is 0.0401.